The van der Waals surface area contributed by atoms with Crippen LogP contribution in [0.4, 0.5) is 0 Å². The number of rotatable bonds is 5. The lowest BCUT2D eigenvalue weighted by molar-refractivity contribution is -0.143. The van der Waals surface area contributed by atoms with Crippen LogP contribution < -0.4 is 11.2 Å². The van der Waals surface area contributed by atoms with Crippen molar-refractivity contribution in [3.63, 3.8) is 0 Å². The van der Waals surface area contributed by atoms with Gasteiger partial charge < -0.3 is 9.30 Å². The summed E-state index contributed by atoms with van der Waals surface area (Å²) in [6.45, 7) is 1.79. The summed E-state index contributed by atoms with van der Waals surface area (Å²) in [4.78, 5) is 43.3. The molecule has 2 aromatic heterocycles. The van der Waals surface area contributed by atoms with Crippen molar-refractivity contribution in [3.8, 4) is 5.69 Å². The van der Waals surface area contributed by atoms with Gasteiger partial charge in [-0.3, -0.25) is 14.2 Å². The Hall–Kier alpha value is -2.87. The van der Waals surface area contributed by atoms with Gasteiger partial charge in [0.1, 0.15) is 6.54 Å². The third kappa shape index (κ3) is 3.56. The van der Waals surface area contributed by atoms with E-state index >= 15 is 0 Å². The molecule has 0 unspecified atom stereocenters. The highest BCUT2D eigenvalue weighted by Crippen LogP contribution is 2.27. The Morgan fingerprint density at radius 2 is 1.93 bits per heavy atom. The molecule has 1 fully saturated rings. The maximum Gasteiger partial charge on any atom is 0.337 e. The van der Waals surface area contributed by atoms with Gasteiger partial charge in [0.25, 0.3) is 5.56 Å². The van der Waals surface area contributed by atoms with Gasteiger partial charge in [-0.05, 0) is 31.9 Å². The molecule has 0 atom stereocenters. The Balaban J connectivity index is 2.01. The molecule has 9 heteroatoms. The van der Waals surface area contributed by atoms with Crippen molar-refractivity contribution < 1.29 is 9.53 Å². The zero-order valence-electron chi connectivity index (χ0n) is 16.7. The van der Waals surface area contributed by atoms with Gasteiger partial charge in [0.2, 0.25) is 0 Å². The van der Waals surface area contributed by atoms with Crippen LogP contribution in [0.1, 0.15) is 45.1 Å². The first-order valence-corrected chi connectivity index (χ1v) is 10.5. The van der Waals surface area contributed by atoms with Gasteiger partial charge in [-0.1, -0.05) is 43.0 Å². The van der Waals surface area contributed by atoms with Gasteiger partial charge in [-0.2, -0.15) is 0 Å². The smallest absolute Gasteiger partial charge is 0.337 e. The number of benzene rings is 1. The largest absolute Gasteiger partial charge is 0.465 e. The van der Waals surface area contributed by atoms with Crippen LogP contribution in [0.5, 0.6) is 0 Å². The van der Waals surface area contributed by atoms with Gasteiger partial charge in [-0.15, -0.1) is 0 Å². The quantitative estimate of drug-likeness (QED) is 0.580. The normalized spacial score (nSPS) is 14.9. The van der Waals surface area contributed by atoms with E-state index in [2.05, 4.69) is 4.98 Å². The van der Waals surface area contributed by atoms with Crippen molar-refractivity contribution in [2.75, 3.05) is 6.61 Å². The van der Waals surface area contributed by atoms with Gasteiger partial charge in [0.15, 0.2) is 11.2 Å². The number of hydrogen-bond acceptors (Lipinski definition) is 5. The summed E-state index contributed by atoms with van der Waals surface area (Å²) < 4.78 is 9.15. The Labute approximate surface area is 177 Å². The average Bonchev–Trinajstić information content (AvgIpc) is 3.14. The van der Waals surface area contributed by atoms with Gasteiger partial charge in [-0.25, -0.2) is 14.3 Å². The second-order valence-electron chi connectivity index (χ2n) is 7.39. The summed E-state index contributed by atoms with van der Waals surface area (Å²) in [5.41, 5.74) is -0.0939. The highest BCUT2D eigenvalue weighted by molar-refractivity contribution is 6.32. The van der Waals surface area contributed by atoms with E-state index in [-0.39, 0.29) is 30.4 Å². The summed E-state index contributed by atoms with van der Waals surface area (Å²) in [6, 6.07) is 6.74. The molecule has 0 spiro atoms. The number of aromatic nitrogens is 4. The van der Waals surface area contributed by atoms with E-state index in [1.807, 2.05) is 0 Å². The van der Waals surface area contributed by atoms with Crippen molar-refractivity contribution in [3.05, 3.63) is 56.5 Å². The van der Waals surface area contributed by atoms with Crippen LogP contribution in [-0.2, 0) is 16.1 Å². The predicted molar refractivity (Wildman–Crippen MR) is 113 cm³/mol. The highest BCUT2D eigenvalue weighted by atomic mass is 35.5. The summed E-state index contributed by atoms with van der Waals surface area (Å²) >= 11 is 6.39. The van der Waals surface area contributed by atoms with Crippen molar-refractivity contribution in [2.45, 2.75) is 51.6 Å². The number of halogens is 1. The Kier molecular flexibility index (Phi) is 5.76. The average molecular weight is 431 g/mol. The molecule has 0 radical (unpaired) electrons. The topological polar surface area (TPSA) is 88.1 Å². The fourth-order valence-electron chi connectivity index (χ4n) is 4.13. The van der Waals surface area contributed by atoms with E-state index < -0.39 is 17.2 Å². The van der Waals surface area contributed by atoms with Crippen LogP contribution in [0.3, 0.4) is 0 Å². The number of carbonyl (C=O) groups excluding carboxylic acids is 1. The molecule has 0 N–H and O–H groups in total. The van der Waals surface area contributed by atoms with Crippen molar-refractivity contribution in [1.82, 2.24) is 18.7 Å². The molecule has 2 heterocycles. The minimum Gasteiger partial charge on any atom is -0.465 e. The van der Waals surface area contributed by atoms with E-state index in [9.17, 15) is 14.4 Å². The van der Waals surface area contributed by atoms with E-state index in [0.717, 1.165) is 32.1 Å². The first-order chi connectivity index (χ1) is 14.5. The lowest BCUT2D eigenvalue weighted by Gasteiger charge is -2.24. The van der Waals surface area contributed by atoms with E-state index in [1.165, 1.54) is 20.0 Å². The predicted octanol–water partition coefficient (Wildman–Crippen LogP) is 3.07. The lowest BCUT2D eigenvalue weighted by atomic mass is 9.95. The van der Waals surface area contributed by atoms with Crippen molar-refractivity contribution >= 4 is 28.7 Å². The zero-order valence-corrected chi connectivity index (χ0v) is 17.5. The van der Waals surface area contributed by atoms with Crippen LogP contribution in [0.25, 0.3) is 16.9 Å². The van der Waals surface area contributed by atoms with Crippen molar-refractivity contribution in [2.24, 2.45) is 0 Å². The molecule has 0 aliphatic heterocycles. The Morgan fingerprint density at radius 3 is 2.63 bits per heavy atom. The number of fused-ring (bicyclic) bond motifs is 1. The minimum absolute atomic E-state index is 0.162. The zero-order chi connectivity index (χ0) is 21.3. The molecule has 1 aliphatic rings. The van der Waals surface area contributed by atoms with Crippen LogP contribution in [0.2, 0.25) is 5.02 Å². The first kappa shape index (κ1) is 20.4. The number of esters is 1. The number of ether oxygens (including phenoxy) is 1. The van der Waals surface area contributed by atoms with E-state index in [0.29, 0.717) is 10.7 Å². The van der Waals surface area contributed by atoms with Gasteiger partial charge >= 0.3 is 11.7 Å². The molecule has 1 aliphatic carbocycles. The first-order valence-electron chi connectivity index (χ1n) is 10.2. The monoisotopic (exact) mass is 430 g/mol. The molecular formula is C21H23ClN4O4. The fourth-order valence-corrected chi connectivity index (χ4v) is 4.35. The Bertz CT molecular complexity index is 1200. The van der Waals surface area contributed by atoms with Gasteiger partial charge in [0.05, 0.1) is 23.6 Å². The molecule has 0 amide bonds. The molecule has 0 bridgehead atoms. The standard InChI is InChI=1S/C21H23ClN4O4/c1-2-30-17(27)12-24-13-23-19-18(24)20(28)25(14-8-4-3-5-9-14)21(29)26(19)16-11-7-6-10-15(16)22/h6-7,10-11,13-14H,2-5,8-9,12H2,1H3. The third-order valence-corrected chi connectivity index (χ3v) is 5.81. The van der Waals surface area contributed by atoms with Crippen molar-refractivity contribution in [1.29, 1.82) is 0 Å². The molecule has 158 valence electrons. The molecule has 0 saturated heterocycles. The van der Waals surface area contributed by atoms with Crippen LogP contribution in [0.15, 0.2) is 40.2 Å². The van der Waals surface area contributed by atoms with Crippen LogP contribution in [0, 0.1) is 0 Å². The number of nitrogens with zero attached hydrogens (tertiary/aromatic N) is 4. The molecule has 30 heavy (non-hydrogen) atoms. The maximum absolute atomic E-state index is 13.5. The molecule has 1 saturated carbocycles. The highest BCUT2D eigenvalue weighted by Gasteiger charge is 2.26. The lowest BCUT2D eigenvalue weighted by Crippen LogP contribution is -2.43. The maximum atomic E-state index is 13.5. The number of hydrogen-bond donors (Lipinski definition) is 0. The summed E-state index contributed by atoms with van der Waals surface area (Å²) in [6.07, 6.45) is 5.92. The van der Waals surface area contributed by atoms with E-state index in [4.69, 9.17) is 16.3 Å². The summed E-state index contributed by atoms with van der Waals surface area (Å²) in [5.74, 6) is -0.476. The molecule has 4 rings (SSSR count). The van der Waals surface area contributed by atoms with Crippen LogP contribution >= 0.6 is 11.6 Å². The number of para-hydroxylation sites is 1. The SMILES string of the molecule is CCOC(=O)Cn1cnc2c1c(=O)n(C1CCCCC1)c(=O)n2-c1ccccc1Cl. The minimum atomic E-state index is -0.476. The molecular weight excluding hydrogens is 408 g/mol. The third-order valence-electron chi connectivity index (χ3n) is 5.49. The van der Waals surface area contributed by atoms with E-state index in [1.54, 1.807) is 31.2 Å². The molecule has 3 aromatic rings. The summed E-state index contributed by atoms with van der Waals surface area (Å²) in [5, 5.41) is 0.370. The second kappa shape index (κ2) is 8.47. The number of carbonyl (C=O) groups is 1. The van der Waals surface area contributed by atoms with Gasteiger partial charge in [0, 0.05) is 6.04 Å². The second-order valence-corrected chi connectivity index (χ2v) is 7.79. The molecule has 8 nitrogen and oxygen atoms in total. The fraction of sp³-hybridized carbons (Fsp3) is 0.429. The van der Waals surface area contributed by atoms with Crippen LogP contribution in [-0.4, -0.2) is 31.3 Å². The molecule has 1 aromatic carbocycles. The number of imidazole rings is 1. The Morgan fingerprint density at radius 1 is 1.20 bits per heavy atom. The summed E-state index contributed by atoms with van der Waals surface area (Å²) in [7, 11) is 0.